The molecule has 2 rings (SSSR count). The molecule has 1 aromatic carbocycles. The van der Waals surface area contributed by atoms with Crippen LogP contribution in [0.2, 0.25) is 0 Å². The molecule has 5 nitrogen and oxygen atoms in total. The second kappa shape index (κ2) is 8.27. The van der Waals surface area contributed by atoms with Crippen molar-refractivity contribution < 1.29 is 4.79 Å². The van der Waals surface area contributed by atoms with Gasteiger partial charge in [0.15, 0.2) is 0 Å². The highest BCUT2D eigenvalue weighted by Gasteiger charge is 2.10. The summed E-state index contributed by atoms with van der Waals surface area (Å²) in [4.78, 5) is 20.6. The number of carbonyl (C=O) groups is 1. The average molecular weight is 312 g/mol. The Bertz CT molecular complexity index is 670. The summed E-state index contributed by atoms with van der Waals surface area (Å²) in [5.41, 5.74) is 3.30. The zero-order chi connectivity index (χ0) is 16.7. The first-order chi connectivity index (χ1) is 11.1. The third-order valence-electron chi connectivity index (χ3n) is 3.63. The van der Waals surface area contributed by atoms with Crippen molar-refractivity contribution in [2.24, 2.45) is 0 Å². The molecule has 1 heterocycles. The number of aryl methyl sites for hydroxylation is 2. The van der Waals surface area contributed by atoms with Crippen molar-refractivity contribution in [2.75, 3.05) is 17.2 Å². The van der Waals surface area contributed by atoms with Crippen LogP contribution in [-0.2, 0) is 0 Å². The zero-order valence-electron chi connectivity index (χ0n) is 14.0. The standard InChI is InChI=1S/C18H24N4O/c1-4-5-6-9-19-17-11-16(20-12-21-17)18(23)22-15-10-13(2)7-8-14(15)3/h7-8,10-12H,4-6,9H2,1-3H3,(H,22,23)(H,19,20,21). The minimum Gasteiger partial charge on any atom is -0.370 e. The molecule has 23 heavy (non-hydrogen) atoms. The first-order valence-electron chi connectivity index (χ1n) is 8.04. The van der Waals surface area contributed by atoms with Crippen LogP contribution in [0.15, 0.2) is 30.6 Å². The SMILES string of the molecule is CCCCCNc1cc(C(=O)Nc2cc(C)ccc2C)ncn1. The van der Waals surface area contributed by atoms with Crippen molar-refractivity contribution in [1.29, 1.82) is 0 Å². The first kappa shape index (κ1) is 16.9. The van der Waals surface area contributed by atoms with Crippen LogP contribution >= 0.6 is 0 Å². The Balaban J connectivity index is 2.03. The normalized spacial score (nSPS) is 10.4. The Morgan fingerprint density at radius 1 is 1.13 bits per heavy atom. The van der Waals surface area contributed by atoms with Gasteiger partial charge in [-0.15, -0.1) is 0 Å². The number of rotatable bonds is 7. The molecular formula is C18H24N4O. The molecule has 0 spiro atoms. The molecule has 0 unspecified atom stereocenters. The van der Waals surface area contributed by atoms with Crippen molar-refractivity contribution in [1.82, 2.24) is 9.97 Å². The van der Waals surface area contributed by atoms with Crippen molar-refractivity contribution in [3.63, 3.8) is 0 Å². The summed E-state index contributed by atoms with van der Waals surface area (Å²) in [5, 5.41) is 6.14. The molecule has 0 saturated heterocycles. The first-order valence-corrected chi connectivity index (χ1v) is 8.04. The van der Waals surface area contributed by atoms with E-state index in [-0.39, 0.29) is 5.91 Å². The molecular weight excluding hydrogens is 288 g/mol. The third-order valence-corrected chi connectivity index (χ3v) is 3.63. The fourth-order valence-electron chi connectivity index (χ4n) is 2.23. The summed E-state index contributed by atoms with van der Waals surface area (Å²) in [6.07, 6.45) is 4.86. The number of unbranched alkanes of at least 4 members (excludes halogenated alkanes) is 2. The summed E-state index contributed by atoms with van der Waals surface area (Å²) in [7, 11) is 0. The predicted octanol–water partition coefficient (Wildman–Crippen LogP) is 3.95. The highest BCUT2D eigenvalue weighted by molar-refractivity contribution is 6.03. The van der Waals surface area contributed by atoms with E-state index in [4.69, 9.17) is 0 Å². The van der Waals surface area contributed by atoms with Crippen LogP contribution in [0, 0.1) is 13.8 Å². The van der Waals surface area contributed by atoms with Gasteiger partial charge in [-0.2, -0.15) is 0 Å². The van der Waals surface area contributed by atoms with E-state index < -0.39 is 0 Å². The topological polar surface area (TPSA) is 66.9 Å². The second-order valence-electron chi connectivity index (χ2n) is 5.69. The molecule has 2 N–H and O–H groups in total. The Labute approximate surface area is 137 Å². The summed E-state index contributed by atoms with van der Waals surface area (Å²) in [6, 6.07) is 7.66. The minimum absolute atomic E-state index is 0.224. The number of nitrogens with one attached hydrogen (secondary N) is 2. The molecule has 1 aromatic heterocycles. The quantitative estimate of drug-likeness (QED) is 0.760. The van der Waals surface area contributed by atoms with Crippen molar-refractivity contribution in [2.45, 2.75) is 40.0 Å². The van der Waals surface area contributed by atoms with Crippen LogP contribution in [0.1, 0.15) is 47.8 Å². The molecule has 0 aliphatic carbocycles. The lowest BCUT2D eigenvalue weighted by atomic mass is 10.1. The maximum atomic E-state index is 12.4. The monoisotopic (exact) mass is 312 g/mol. The van der Waals surface area contributed by atoms with Gasteiger partial charge >= 0.3 is 0 Å². The highest BCUT2D eigenvalue weighted by Crippen LogP contribution is 2.17. The number of amides is 1. The van der Waals surface area contributed by atoms with Gasteiger partial charge in [0.2, 0.25) is 0 Å². The van der Waals surface area contributed by atoms with Gasteiger partial charge in [-0.3, -0.25) is 4.79 Å². The van der Waals surface area contributed by atoms with E-state index in [9.17, 15) is 4.79 Å². The smallest absolute Gasteiger partial charge is 0.274 e. The van der Waals surface area contributed by atoms with Gasteiger partial charge in [0.1, 0.15) is 17.8 Å². The summed E-state index contributed by atoms with van der Waals surface area (Å²) in [6.45, 7) is 6.98. The molecule has 0 bridgehead atoms. The Morgan fingerprint density at radius 2 is 1.96 bits per heavy atom. The van der Waals surface area contributed by atoms with Gasteiger partial charge in [0.25, 0.3) is 5.91 Å². The van der Waals surface area contributed by atoms with E-state index in [0.29, 0.717) is 11.5 Å². The average Bonchev–Trinajstić information content (AvgIpc) is 2.55. The lowest BCUT2D eigenvalue weighted by Crippen LogP contribution is -2.15. The van der Waals surface area contributed by atoms with Crippen LogP contribution in [0.5, 0.6) is 0 Å². The number of nitrogens with zero attached hydrogens (tertiary/aromatic N) is 2. The number of hydrogen-bond acceptors (Lipinski definition) is 4. The minimum atomic E-state index is -0.224. The second-order valence-corrected chi connectivity index (χ2v) is 5.69. The number of benzene rings is 1. The maximum Gasteiger partial charge on any atom is 0.274 e. The van der Waals surface area contributed by atoms with E-state index in [1.807, 2.05) is 32.0 Å². The number of aromatic nitrogens is 2. The molecule has 0 fully saturated rings. The molecule has 0 aliphatic heterocycles. The Hall–Kier alpha value is -2.43. The van der Waals surface area contributed by atoms with E-state index in [0.717, 1.165) is 29.8 Å². The molecule has 5 heteroatoms. The van der Waals surface area contributed by atoms with E-state index in [1.54, 1.807) is 6.07 Å². The van der Waals surface area contributed by atoms with Crippen LogP contribution in [0.4, 0.5) is 11.5 Å². The molecule has 0 atom stereocenters. The van der Waals surface area contributed by atoms with Crippen LogP contribution in [0.3, 0.4) is 0 Å². The molecule has 0 saturated carbocycles. The molecule has 2 aromatic rings. The van der Waals surface area contributed by atoms with Gasteiger partial charge < -0.3 is 10.6 Å². The van der Waals surface area contributed by atoms with Gasteiger partial charge in [0.05, 0.1) is 0 Å². The van der Waals surface area contributed by atoms with Crippen LogP contribution < -0.4 is 10.6 Å². The molecule has 0 radical (unpaired) electrons. The van der Waals surface area contributed by atoms with Crippen LogP contribution in [-0.4, -0.2) is 22.4 Å². The van der Waals surface area contributed by atoms with Crippen LogP contribution in [0.25, 0.3) is 0 Å². The third kappa shape index (κ3) is 5.06. The molecule has 0 aliphatic rings. The molecule has 122 valence electrons. The van der Waals surface area contributed by atoms with Gasteiger partial charge in [0, 0.05) is 18.3 Å². The van der Waals surface area contributed by atoms with Gasteiger partial charge in [-0.25, -0.2) is 9.97 Å². The maximum absolute atomic E-state index is 12.4. The lowest BCUT2D eigenvalue weighted by molar-refractivity contribution is 0.102. The van der Waals surface area contributed by atoms with E-state index in [1.165, 1.54) is 19.2 Å². The Kier molecular flexibility index (Phi) is 6.09. The lowest BCUT2D eigenvalue weighted by Gasteiger charge is -2.10. The van der Waals surface area contributed by atoms with E-state index in [2.05, 4.69) is 27.5 Å². The summed E-state index contributed by atoms with van der Waals surface area (Å²) < 4.78 is 0. The highest BCUT2D eigenvalue weighted by atomic mass is 16.1. The summed E-state index contributed by atoms with van der Waals surface area (Å²) in [5.74, 6) is 0.458. The number of anilines is 2. The van der Waals surface area contributed by atoms with Gasteiger partial charge in [-0.05, 0) is 37.5 Å². The van der Waals surface area contributed by atoms with Gasteiger partial charge in [-0.1, -0.05) is 31.9 Å². The fourth-order valence-corrected chi connectivity index (χ4v) is 2.23. The summed E-state index contributed by atoms with van der Waals surface area (Å²) >= 11 is 0. The Morgan fingerprint density at radius 3 is 2.74 bits per heavy atom. The van der Waals surface area contributed by atoms with Crippen molar-refractivity contribution in [3.8, 4) is 0 Å². The largest absolute Gasteiger partial charge is 0.370 e. The number of hydrogen-bond donors (Lipinski definition) is 2. The predicted molar refractivity (Wildman–Crippen MR) is 93.9 cm³/mol. The fraction of sp³-hybridized carbons (Fsp3) is 0.389. The number of carbonyl (C=O) groups excluding carboxylic acids is 1. The van der Waals surface area contributed by atoms with E-state index >= 15 is 0 Å². The molecule has 1 amide bonds. The zero-order valence-corrected chi connectivity index (χ0v) is 14.0. The van der Waals surface area contributed by atoms with Crippen molar-refractivity contribution in [3.05, 3.63) is 47.4 Å². The van der Waals surface area contributed by atoms with Crippen molar-refractivity contribution >= 4 is 17.4 Å².